The number of anilines is 1. The van der Waals surface area contributed by atoms with Crippen LogP contribution in [0.15, 0.2) is 29.2 Å². The Bertz CT molecular complexity index is 1070. The molecule has 1 fully saturated rings. The summed E-state index contributed by atoms with van der Waals surface area (Å²) in [5.74, 6) is 0.254. The molecule has 29 heavy (non-hydrogen) atoms. The number of hydrogen-bond donors (Lipinski definition) is 1. The highest BCUT2D eigenvalue weighted by Gasteiger charge is 2.24. The molecule has 0 atom stereocenters. The molecule has 9 heteroatoms. The summed E-state index contributed by atoms with van der Waals surface area (Å²) in [6.45, 7) is 9.29. The van der Waals surface area contributed by atoms with Gasteiger partial charge in [-0.25, -0.2) is 9.07 Å². The number of benzene rings is 1. The molecule has 1 aromatic carbocycles. The fourth-order valence-corrected chi connectivity index (χ4v) is 3.80. The Morgan fingerprint density at radius 2 is 1.93 bits per heavy atom. The zero-order chi connectivity index (χ0) is 20.8. The van der Waals surface area contributed by atoms with E-state index >= 15 is 0 Å². The Morgan fingerprint density at radius 1 is 1.21 bits per heavy atom. The number of nitrogens with one attached hydrogen (secondary N) is 1. The molecule has 0 bridgehead atoms. The number of hydrogen-bond acceptors (Lipinski definition) is 5. The quantitative estimate of drug-likeness (QED) is 0.708. The molecule has 4 rings (SSSR count). The summed E-state index contributed by atoms with van der Waals surface area (Å²) < 4.78 is 15.8. The number of aromatic nitrogens is 4. The predicted molar refractivity (Wildman–Crippen MR) is 112 cm³/mol. The monoisotopic (exact) mass is 418 g/mol. The molecule has 3 aromatic rings. The first kappa shape index (κ1) is 19.8. The van der Waals surface area contributed by atoms with Crippen LogP contribution in [0.25, 0.3) is 11.0 Å². The summed E-state index contributed by atoms with van der Waals surface area (Å²) in [5.41, 5.74) is 0.625. The predicted octanol–water partition coefficient (Wildman–Crippen LogP) is 2.99. The van der Waals surface area contributed by atoms with Gasteiger partial charge in [0.2, 0.25) is 5.95 Å². The Labute approximate surface area is 173 Å². The summed E-state index contributed by atoms with van der Waals surface area (Å²) >= 11 is 6.15. The number of piperazine rings is 1. The summed E-state index contributed by atoms with van der Waals surface area (Å²) in [6, 6.07) is 4.75. The van der Waals surface area contributed by atoms with Gasteiger partial charge < -0.3 is 4.90 Å². The minimum absolute atomic E-state index is 0.193. The van der Waals surface area contributed by atoms with Gasteiger partial charge in [-0.2, -0.15) is 10.1 Å². The fraction of sp³-hybridized carbons (Fsp3) is 0.450. The molecule has 154 valence electrons. The summed E-state index contributed by atoms with van der Waals surface area (Å²) in [4.78, 5) is 24.3. The SMILES string of the molecule is CC(C)(C)n1ncc2c(=O)[nH]c(N3CCN(Cc4c(F)cccc4Cl)CC3)nc21. The second kappa shape index (κ2) is 7.42. The minimum atomic E-state index is -0.285. The molecule has 0 amide bonds. The molecule has 0 unspecified atom stereocenters. The second-order valence-electron chi connectivity index (χ2n) is 8.32. The summed E-state index contributed by atoms with van der Waals surface area (Å²) in [5, 5.41) is 5.28. The number of halogens is 2. The first-order valence-electron chi connectivity index (χ1n) is 9.63. The molecule has 0 saturated carbocycles. The van der Waals surface area contributed by atoms with E-state index in [4.69, 9.17) is 16.6 Å². The topological polar surface area (TPSA) is 70.1 Å². The molecule has 1 N–H and O–H groups in total. The highest BCUT2D eigenvalue weighted by Crippen LogP contribution is 2.23. The van der Waals surface area contributed by atoms with E-state index < -0.39 is 0 Å². The maximum absolute atomic E-state index is 14.1. The van der Waals surface area contributed by atoms with E-state index in [9.17, 15) is 9.18 Å². The van der Waals surface area contributed by atoms with Crippen LogP contribution >= 0.6 is 11.6 Å². The van der Waals surface area contributed by atoms with E-state index in [0.717, 1.165) is 0 Å². The molecule has 1 saturated heterocycles. The van der Waals surface area contributed by atoms with Crippen LogP contribution in [0, 0.1) is 5.82 Å². The molecule has 1 aliphatic heterocycles. The van der Waals surface area contributed by atoms with Gasteiger partial charge in [-0.3, -0.25) is 14.7 Å². The Balaban J connectivity index is 1.53. The first-order valence-corrected chi connectivity index (χ1v) is 10.0. The third-order valence-electron chi connectivity index (χ3n) is 5.18. The first-order chi connectivity index (χ1) is 13.7. The third kappa shape index (κ3) is 3.86. The van der Waals surface area contributed by atoms with E-state index in [0.29, 0.717) is 60.3 Å². The van der Waals surface area contributed by atoms with Gasteiger partial charge >= 0.3 is 0 Å². The van der Waals surface area contributed by atoms with Crippen LogP contribution in [-0.4, -0.2) is 50.8 Å². The number of fused-ring (bicyclic) bond motifs is 1. The lowest BCUT2D eigenvalue weighted by molar-refractivity contribution is 0.245. The van der Waals surface area contributed by atoms with Gasteiger partial charge in [-0.1, -0.05) is 17.7 Å². The average Bonchev–Trinajstić information content (AvgIpc) is 3.10. The molecular weight excluding hydrogens is 395 g/mol. The Hall–Kier alpha value is -2.45. The largest absolute Gasteiger partial charge is 0.340 e. The van der Waals surface area contributed by atoms with Gasteiger partial charge in [-0.15, -0.1) is 0 Å². The number of aromatic amines is 1. The van der Waals surface area contributed by atoms with Crippen molar-refractivity contribution < 1.29 is 4.39 Å². The average molecular weight is 419 g/mol. The van der Waals surface area contributed by atoms with Crippen molar-refractivity contribution in [3.05, 3.63) is 51.2 Å². The standard InChI is InChI=1S/C20H24ClFN6O/c1-20(2,3)28-17-13(11-23-28)18(29)25-19(24-17)27-9-7-26(8-10-27)12-14-15(21)5-4-6-16(14)22/h4-6,11H,7-10,12H2,1-3H3,(H,24,25,29). The smallest absolute Gasteiger partial charge is 0.263 e. The third-order valence-corrected chi connectivity index (χ3v) is 5.53. The molecule has 2 aromatic heterocycles. The lowest BCUT2D eigenvalue weighted by Gasteiger charge is -2.35. The summed E-state index contributed by atoms with van der Waals surface area (Å²) in [7, 11) is 0. The maximum atomic E-state index is 14.1. The van der Waals surface area contributed by atoms with Crippen LogP contribution in [-0.2, 0) is 12.1 Å². The van der Waals surface area contributed by atoms with Gasteiger partial charge in [0.25, 0.3) is 5.56 Å². The minimum Gasteiger partial charge on any atom is -0.340 e. The molecular formula is C20H24ClFN6O. The lowest BCUT2D eigenvalue weighted by atomic mass is 10.1. The lowest BCUT2D eigenvalue weighted by Crippen LogP contribution is -2.47. The van der Waals surface area contributed by atoms with E-state index in [1.807, 2.05) is 25.7 Å². The van der Waals surface area contributed by atoms with Crippen molar-refractivity contribution in [1.82, 2.24) is 24.6 Å². The van der Waals surface area contributed by atoms with Crippen LogP contribution in [0.2, 0.25) is 5.02 Å². The second-order valence-corrected chi connectivity index (χ2v) is 8.72. The van der Waals surface area contributed by atoms with Gasteiger partial charge in [0.05, 0.1) is 11.7 Å². The van der Waals surface area contributed by atoms with Crippen LogP contribution < -0.4 is 10.5 Å². The zero-order valence-electron chi connectivity index (χ0n) is 16.7. The van der Waals surface area contributed by atoms with Gasteiger partial charge in [-0.05, 0) is 32.9 Å². The van der Waals surface area contributed by atoms with E-state index in [2.05, 4.69) is 15.0 Å². The highest BCUT2D eigenvalue weighted by atomic mass is 35.5. The van der Waals surface area contributed by atoms with Crippen molar-refractivity contribution >= 4 is 28.6 Å². The molecule has 1 aliphatic rings. The molecule has 0 aliphatic carbocycles. The fourth-order valence-electron chi connectivity index (χ4n) is 3.57. The van der Waals surface area contributed by atoms with Gasteiger partial charge in [0, 0.05) is 43.3 Å². The van der Waals surface area contributed by atoms with Crippen molar-refractivity contribution in [2.45, 2.75) is 32.9 Å². The van der Waals surface area contributed by atoms with Crippen molar-refractivity contribution in [2.75, 3.05) is 31.1 Å². The normalized spacial score (nSPS) is 16.0. The number of rotatable bonds is 3. The Morgan fingerprint density at radius 3 is 2.59 bits per heavy atom. The maximum Gasteiger partial charge on any atom is 0.263 e. The van der Waals surface area contributed by atoms with E-state index in [-0.39, 0.29) is 16.9 Å². The molecule has 7 nitrogen and oxygen atoms in total. The van der Waals surface area contributed by atoms with Gasteiger partial charge in [0.15, 0.2) is 5.65 Å². The van der Waals surface area contributed by atoms with Crippen molar-refractivity contribution in [3.8, 4) is 0 Å². The van der Waals surface area contributed by atoms with E-state index in [1.54, 1.807) is 23.0 Å². The van der Waals surface area contributed by atoms with Gasteiger partial charge in [0.1, 0.15) is 11.2 Å². The summed E-state index contributed by atoms with van der Waals surface area (Å²) in [6.07, 6.45) is 1.56. The number of nitrogens with zero attached hydrogens (tertiary/aromatic N) is 5. The zero-order valence-corrected chi connectivity index (χ0v) is 17.5. The van der Waals surface area contributed by atoms with Crippen molar-refractivity contribution in [3.63, 3.8) is 0 Å². The van der Waals surface area contributed by atoms with Crippen molar-refractivity contribution in [2.24, 2.45) is 0 Å². The number of H-pyrrole nitrogens is 1. The molecule has 3 heterocycles. The highest BCUT2D eigenvalue weighted by molar-refractivity contribution is 6.31. The van der Waals surface area contributed by atoms with E-state index in [1.165, 1.54) is 6.07 Å². The van der Waals surface area contributed by atoms with Crippen LogP contribution in [0.1, 0.15) is 26.3 Å². The molecule has 0 radical (unpaired) electrons. The van der Waals surface area contributed by atoms with Crippen LogP contribution in [0.4, 0.5) is 10.3 Å². The van der Waals surface area contributed by atoms with Crippen LogP contribution in [0.5, 0.6) is 0 Å². The van der Waals surface area contributed by atoms with Crippen molar-refractivity contribution in [1.29, 1.82) is 0 Å². The van der Waals surface area contributed by atoms with Crippen LogP contribution in [0.3, 0.4) is 0 Å². The molecule has 0 spiro atoms. The Kier molecular flexibility index (Phi) is 5.08.